The third kappa shape index (κ3) is 8.91. The molecule has 0 spiro atoms. The van der Waals surface area contributed by atoms with E-state index in [1.807, 2.05) is 36.4 Å². The lowest BCUT2D eigenvalue weighted by Gasteiger charge is -2.26. The lowest BCUT2D eigenvalue weighted by Crippen LogP contribution is -2.53. The fraction of sp³-hybridized carbons (Fsp3) is 0.346. The summed E-state index contributed by atoms with van der Waals surface area (Å²) in [5, 5.41) is 15.8. The van der Waals surface area contributed by atoms with Crippen molar-refractivity contribution in [1.29, 1.82) is 0 Å². The molecule has 4 N–H and O–H groups in total. The monoisotopic (exact) mass is 560 g/mol. The summed E-state index contributed by atoms with van der Waals surface area (Å²) in [6, 6.07) is 16.7. The van der Waals surface area contributed by atoms with Crippen molar-refractivity contribution >= 4 is 33.4 Å². The largest absolute Gasteiger partial charge is 0.444 e. The van der Waals surface area contributed by atoms with Crippen LogP contribution < -0.4 is 15.4 Å². The molecule has 2 aromatic heterocycles. The topological polar surface area (TPSA) is 147 Å². The molecule has 0 aliphatic rings. The number of rotatable bonds is 11. The minimum Gasteiger partial charge on any atom is -0.444 e. The van der Waals surface area contributed by atoms with Gasteiger partial charge in [-0.25, -0.2) is 17.9 Å². The van der Waals surface area contributed by atoms with Crippen molar-refractivity contribution in [2.45, 2.75) is 49.1 Å². The van der Waals surface area contributed by atoms with Gasteiger partial charge in [-0.3, -0.25) is 9.78 Å². The number of alkyl carbamates (subject to hydrolysis) is 1. The molecular formula is C26H32N4O6S2. The molecule has 3 rings (SSSR count). The molecular weight excluding hydrogens is 528 g/mol. The summed E-state index contributed by atoms with van der Waals surface area (Å²) < 4.78 is 33.1. The summed E-state index contributed by atoms with van der Waals surface area (Å²) in [6.45, 7) is 4.95. The Morgan fingerprint density at radius 2 is 1.74 bits per heavy atom. The molecule has 0 fully saturated rings. The van der Waals surface area contributed by atoms with Crippen LogP contribution >= 0.6 is 11.3 Å². The molecule has 2 atom stereocenters. The van der Waals surface area contributed by atoms with Crippen molar-refractivity contribution in [2.24, 2.45) is 0 Å². The Labute approximate surface area is 226 Å². The van der Waals surface area contributed by atoms with Crippen LogP contribution in [0.4, 0.5) is 4.79 Å². The summed E-state index contributed by atoms with van der Waals surface area (Å²) in [4.78, 5) is 29.9. The summed E-state index contributed by atoms with van der Waals surface area (Å²) in [6.07, 6.45) is -0.554. The first-order valence-electron chi connectivity index (χ1n) is 11.9. The Morgan fingerprint density at radius 1 is 1.03 bits per heavy atom. The second kappa shape index (κ2) is 13.0. The van der Waals surface area contributed by atoms with Gasteiger partial charge in [-0.15, -0.1) is 11.3 Å². The van der Waals surface area contributed by atoms with Crippen LogP contribution in [0.1, 0.15) is 26.3 Å². The number of hydrogen-bond acceptors (Lipinski definition) is 8. The highest BCUT2D eigenvalue weighted by Gasteiger charge is 2.29. The zero-order chi connectivity index (χ0) is 27.8. The van der Waals surface area contributed by atoms with Crippen molar-refractivity contribution in [3.05, 3.63) is 72.4 Å². The van der Waals surface area contributed by atoms with Crippen LogP contribution in [0.5, 0.6) is 0 Å². The molecule has 38 heavy (non-hydrogen) atoms. The minimum absolute atomic E-state index is 0.0713. The van der Waals surface area contributed by atoms with Gasteiger partial charge < -0.3 is 20.5 Å². The number of carbonyl (C=O) groups excluding carboxylic acids is 2. The lowest BCUT2D eigenvalue weighted by molar-refractivity contribution is -0.130. The summed E-state index contributed by atoms with van der Waals surface area (Å²) >= 11 is 1.08. The number of amides is 2. The van der Waals surface area contributed by atoms with Crippen LogP contribution in [0.15, 0.2) is 71.1 Å². The van der Waals surface area contributed by atoms with Gasteiger partial charge in [0, 0.05) is 19.3 Å². The van der Waals surface area contributed by atoms with Crippen LogP contribution in [0.25, 0.3) is 10.6 Å². The molecule has 0 saturated carbocycles. The number of aromatic nitrogens is 1. The second-order valence-corrected chi connectivity index (χ2v) is 12.5. The molecule has 2 heterocycles. The van der Waals surface area contributed by atoms with E-state index in [0.29, 0.717) is 10.6 Å². The van der Waals surface area contributed by atoms with Crippen LogP contribution in [0.2, 0.25) is 0 Å². The van der Waals surface area contributed by atoms with Gasteiger partial charge in [0.25, 0.3) is 5.91 Å². The number of nitrogens with one attached hydrogen (secondary N) is 3. The zero-order valence-corrected chi connectivity index (χ0v) is 23.0. The molecule has 0 saturated heterocycles. The van der Waals surface area contributed by atoms with Gasteiger partial charge in [0.05, 0.1) is 16.6 Å². The van der Waals surface area contributed by atoms with Crippen LogP contribution in [-0.2, 0) is 26.0 Å². The molecule has 0 bridgehead atoms. The van der Waals surface area contributed by atoms with E-state index in [-0.39, 0.29) is 23.7 Å². The predicted molar refractivity (Wildman–Crippen MR) is 145 cm³/mol. The first-order valence-corrected chi connectivity index (χ1v) is 14.2. The van der Waals surface area contributed by atoms with Gasteiger partial charge in [0.2, 0.25) is 10.0 Å². The zero-order valence-electron chi connectivity index (χ0n) is 21.4. The maximum absolute atomic E-state index is 12.7. The van der Waals surface area contributed by atoms with E-state index in [1.54, 1.807) is 45.2 Å². The van der Waals surface area contributed by atoms with Gasteiger partial charge in [-0.1, -0.05) is 36.4 Å². The first kappa shape index (κ1) is 29.2. The first-order chi connectivity index (χ1) is 17.9. The van der Waals surface area contributed by atoms with E-state index < -0.39 is 39.8 Å². The molecule has 0 aliphatic carbocycles. The number of hydrogen-bond donors (Lipinski definition) is 4. The smallest absolute Gasteiger partial charge is 0.407 e. The van der Waals surface area contributed by atoms with E-state index in [2.05, 4.69) is 20.3 Å². The number of aliphatic hydroxyl groups excluding tert-OH is 1. The quantitative estimate of drug-likeness (QED) is 0.264. The van der Waals surface area contributed by atoms with Crippen LogP contribution in [-0.4, -0.2) is 61.3 Å². The minimum atomic E-state index is -3.80. The number of benzene rings is 1. The summed E-state index contributed by atoms with van der Waals surface area (Å²) in [5.74, 6) is -0.755. The van der Waals surface area contributed by atoms with E-state index in [4.69, 9.17) is 4.74 Å². The Balaban J connectivity index is 1.55. The number of nitrogens with zero attached hydrogens (tertiary/aromatic N) is 1. The Hall–Kier alpha value is -3.32. The van der Waals surface area contributed by atoms with Gasteiger partial charge in [-0.2, -0.15) is 0 Å². The fourth-order valence-electron chi connectivity index (χ4n) is 3.41. The summed E-state index contributed by atoms with van der Waals surface area (Å²) in [7, 11) is -3.80. The van der Waals surface area contributed by atoms with E-state index >= 15 is 0 Å². The third-order valence-corrected chi connectivity index (χ3v) is 8.19. The third-order valence-electron chi connectivity index (χ3n) is 5.13. The standard InChI is InChI=1S/C26H32N4O6S2/c1-26(2,3)36-25(33)30-20(17-18-9-5-4-6-10-18)23(31)24(32)28-15-16-29-38(34,35)22-13-12-21(37-22)19-11-7-8-14-27-19/h4-14,20,23,29,31H,15-17H2,1-3H3,(H,28,32)(H,30,33)/t20-,23?/m0/s1. The van der Waals surface area contributed by atoms with Crippen molar-refractivity contribution < 1.29 is 27.9 Å². The number of ether oxygens (including phenoxy) is 1. The Kier molecular flexibility index (Phi) is 9.97. The highest BCUT2D eigenvalue weighted by Crippen LogP contribution is 2.29. The number of pyridine rings is 1. The van der Waals surface area contributed by atoms with E-state index in [1.165, 1.54) is 6.07 Å². The number of sulfonamides is 1. The molecule has 12 heteroatoms. The Bertz CT molecular complexity index is 1310. The van der Waals surface area contributed by atoms with Crippen molar-refractivity contribution in [2.75, 3.05) is 13.1 Å². The normalized spacial score (nSPS) is 13.4. The average Bonchev–Trinajstić information content (AvgIpc) is 3.37. The predicted octanol–water partition coefficient (Wildman–Crippen LogP) is 2.70. The maximum Gasteiger partial charge on any atom is 0.407 e. The molecule has 10 nitrogen and oxygen atoms in total. The Morgan fingerprint density at radius 3 is 2.39 bits per heavy atom. The SMILES string of the molecule is CC(C)(C)OC(=O)N[C@@H](Cc1ccccc1)C(O)C(=O)NCCNS(=O)(=O)c1ccc(-c2ccccn2)s1. The average molecular weight is 561 g/mol. The molecule has 204 valence electrons. The van der Waals surface area contributed by atoms with Crippen molar-refractivity contribution in [3.63, 3.8) is 0 Å². The number of thiophene rings is 1. The van der Waals surface area contributed by atoms with Crippen LogP contribution in [0, 0.1) is 0 Å². The van der Waals surface area contributed by atoms with Gasteiger partial charge in [-0.05, 0) is 57.0 Å². The molecule has 0 aliphatic heterocycles. The second-order valence-electron chi connectivity index (χ2n) is 9.41. The fourth-order valence-corrected chi connectivity index (χ4v) is 5.77. The highest BCUT2D eigenvalue weighted by molar-refractivity contribution is 7.91. The highest BCUT2D eigenvalue weighted by atomic mass is 32.2. The van der Waals surface area contributed by atoms with Crippen molar-refractivity contribution in [3.8, 4) is 10.6 Å². The molecule has 1 unspecified atom stereocenters. The molecule has 0 radical (unpaired) electrons. The maximum atomic E-state index is 12.7. The van der Waals surface area contributed by atoms with Crippen LogP contribution in [0.3, 0.4) is 0 Å². The van der Waals surface area contributed by atoms with Crippen molar-refractivity contribution in [1.82, 2.24) is 20.3 Å². The van der Waals surface area contributed by atoms with E-state index in [0.717, 1.165) is 16.9 Å². The van der Waals surface area contributed by atoms with Gasteiger partial charge >= 0.3 is 6.09 Å². The lowest BCUT2D eigenvalue weighted by atomic mass is 10.0. The number of carbonyl (C=O) groups is 2. The summed E-state index contributed by atoms with van der Waals surface area (Å²) in [5.41, 5.74) is 0.714. The van der Waals surface area contributed by atoms with E-state index in [9.17, 15) is 23.1 Å². The number of aliphatic hydroxyl groups is 1. The molecule has 3 aromatic rings. The van der Waals surface area contributed by atoms with Gasteiger partial charge in [0.1, 0.15) is 9.81 Å². The molecule has 2 amide bonds. The van der Waals surface area contributed by atoms with Gasteiger partial charge in [0.15, 0.2) is 6.10 Å². The molecule has 1 aromatic carbocycles.